The van der Waals surface area contributed by atoms with Gasteiger partial charge in [-0.05, 0) is 24.0 Å². The highest BCUT2D eigenvalue weighted by atomic mass is 16.1. The Labute approximate surface area is 170 Å². The van der Waals surface area contributed by atoms with Crippen molar-refractivity contribution in [3.05, 3.63) is 81.6 Å². The third-order valence-electron chi connectivity index (χ3n) is 4.51. The second-order valence-corrected chi connectivity index (χ2v) is 6.68. The first-order chi connectivity index (χ1) is 14.2. The number of anilines is 1. The van der Waals surface area contributed by atoms with Crippen molar-refractivity contribution in [1.29, 1.82) is 5.26 Å². The number of rotatable bonds is 8. The van der Waals surface area contributed by atoms with E-state index in [1.165, 1.54) is 24.8 Å². The summed E-state index contributed by atoms with van der Waals surface area (Å²) >= 11 is 0. The number of hydrogen-bond donors (Lipinski definition) is 2. The molecule has 1 heterocycles. The predicted molar refractivity (Wildman–Crippen MR) is 116 cm³/mol. The predicted octanol–water partition coefficient (Wildman–Crippen LogP) is 4.49. The molecule has 0 fully saturated rings. The first-order valence-corrected chi connectivity index (χ1v) is 9.69. The average molecular weight is 385 g/mol. The van der Waals surface area contributed by atoms with Crippen LogP contribution in [-0.4, -0.2) is 16.2 Å². The molecule has 1 aromatic heterocycles. The fourth-order valence-corrected chi connectivity index (χ4v) is 2.95. The van der Waals surface area contributed by atoms with Crippen LogP contribution in [0.1, 0.15) is 42.9 Å². The van der Waals surface area contributed by atoms with Crippen molar-refractivity contribution < 1.29 is 0 Å². The molecule has 0 amide bonds. The summed E-state index contributed by atoms with van der Waals surface area (Å²) in [6.45, 7) is 2.20. The summed E-state index contributed by atoms with van der Waals surface area (Å²) < 4.78 is 0. The number of nitrogens with zero attached hydrogens (tertiary/aromatic N) is 3. The van der Waals surface area contributed by atoms with Crippen LogP contribution in [0.5, 0.6) is 0 Å². The highest BCUT2D eigenvalue weighted by Crippen LogP contribution is 2.19. The Balaban J connectivity index is 1.73. The van der Waals surface area contributed by atoms with E-state index in [9.17, 15) is 10.1 Å². The van der Waals surface area contributed by atoms with Crippen LogP contribution in [0, 0.1) is 11.3 Å². The van der Waals surface area contributed by atoms with E-state index >= 15 is 0 Å². The summed E-state index contributed by atoms with van der Waals surface area (Å²) in [6.07, 6.45) is 6.41. The minimum absolute atomic E-state index is 0.0237. The SMILES string of the molecule is CCCCCc1ccc(C=NNc2nc(-c3ccccc3)c(C#N)c(=O)[nH]2)cc1. The molecule has 6 heteroatoms. The number of nitrogens with one attached hydrogen (secondary N) is 2. The second-order valence-electron chi connectivity index (χ2n) is 6.68. The summed E-state index contributed by atoms with van der Waals surface area (Å²) in [7, 11) is 0. The fourth-order valence-electron chi connectivity index (χ4n) is 2.95. The number of nitriles is 1. The number of unbranched alkanes of at least 4 members (excludes halogenated alkanes) is 2. The molecule has 2 N–H and O–H groups in total. The van der Waals surface area contributed by atoms with Crippen molar-refractivity contribution >= 4 is 12.2 Å². The van der Waals surface area contributed by atoms with Gasteiger partial charge in [0.05, 0.1) is 11.9 Å². The van der Waals surface area contributed by atoms with Crippen LogP contribution in [0.25, 0.3) is 11.3 Å². The van der Waals surface area contributed by atoms with Gasteiger partial charge in [-0.15, -0.1) is 0 Å². The molecule has 2 aromatic carbocycles. The van der Waals surface area contributed by atoms with Gasteiger partial charge in [0.2, 0.25) is 5.95 Å². The van der Waals surface area contributed by atoms with Gasteiger partial charge in [-0.1, -0.05) is 74.4 Å². The third kappa shape index (κ3) is 5.39. The number of aromatic nitrogens is 2. The van der Waals surface area contributed by atoms with Gasteiger partial charge in [-0.3, -0.25) is 9.78 Å². The Morgan fingerprint density at radius 3 is 2.59 bits per heavy atom. The Hall–Kier alpha value is -3.72. The molecule has 0 aliphatic heterocycles. The Kier molecular flexibility index (Phi) is 6.90. The zero-order valence-electron chi connectivity index (χ0n) is 16.4. The molecule has 6 nitrogen and oxygen atoms in total. The number of aryl methyl sites for hydroxylation is 1. The molecule has 0 atom stereocenters. The lowest BCUT2D eigenvalue weighted by Gasteiger charge is -2.06. The highest BCUT2D eigenvalue weighted by Gasteiger charge is 2.12. The van der Waals surface area contributed by atoms with E-state index in [4.69, 9.17) is 0 Å². The number of benzene rings is 2. The summed E-state index contributed by atoms with van der Waals surface area (Å²) in [6, 6.07) is 19.3. The van der Waals surface area contributed by atoms with E-state index in [2.05, 4.69) is 39.6 Å². The maximum atomic E-state index is 12.2. The standard InChI is InChI=1S/C23H23N5O/c1-2-3-5-8-17-11-13-18(14-12-17)16-25-28-23-26-21(19-9-6-4-7-10-19)20(15-24)22(29)27-23/h4,6-7,9-14,16H,2-3,5,8H2,1H3,(H2,26,27,28,29). The molecule has 0 unspecified atom stereocenters. The average Bonchev–Trinajstić information content (AvgIpc) is 2.75. The van der Waals surface area contributed by atoms with Gasteiger partial charge in [-0.2, -0.15) is 10.4 Å². The quantitative estimate of drug-likeness (QED) is 0.339. The first-order valence-electron chi connectivity index (χ1n) is 9.69. The van der Waals surface area contributed by atoms with E-state index in [0.717, 1.165) is 12.0 Å². The molecule has 0 radical (unpaired) electrons. The van der Waals surface area contributed by atoms with Crippen LogP contribution < -0.4 is 11.0 Å². The van der Waals surface area contributed by atoms with Crippen molar-refractivity contribution in [3.63, 3.8) is 0 Å². The molecule has 146 valence electrons. The van der Waals surface area contributed by atoms with Gasteiger partial charge in [0.1, 0.15) is 11.6 Å². The van der Waals surface area contributed by atoms with Crippen LogP contribution in [0.3, 0.4) is 0 Å². The summed E-state index contributed by atoms with van der Waals surface area (Å²) in [5, 5.41) is 13.5. The monoisotopic (exact) mass is 385 g/mol. The van der Waals surface area contributed by atoms with E-state index < -0.39 is 5.56 Å². The molecule has 0 saturated carbocycles. The third-order valence-corrected chi connectivity index (χ3v) is 4.51. The van der Waals surface area contributed by atoms with Gasteiger partial charge in [0.15, 0.2) is 0 Å². The summed E-state index contributed by atoms with van der Waals surface area (Å²) in [5.41, 5.74) is 5.49. The molecule has 0 bridgehead atoms. The van der Waals surface area contributed by atoms with Gasteiger partial charge < -0.3 is 0 Å². The number of hydrazone groups is 1. The van der Waals surface area contributed by atoms with Crippen LogP contribution in [0.2, 0.25) is 0 Å². The smallest absolute Gasteiger partial charge is 0.270 e. The topological polar surface area (TPSA) is 93.9 Å². The molecule has 0 spiro atoms. The first kappa shape index (κ1) is 20.0. The summed E-state index contributed by atoms with van der Waals surface area (Å²) in [5.74, 6) is 0.181. The van der Waals surface area contributed by atoms with Crippen LogP contribution in [0.4, 0.5) is 5.95 Å². The van der Waals surface area contributed by atoms with E-state index in [-0.39, 0.29) is 11.5 Å². The van der Waals surface area contributed by atoms with Crippen LogP contribution in [0.15, 0.2) is 64.5 Å². The minimum Gasteiger partial charge on any atom is -0.290 e. The van der Waals surface area contributed by atoms with E-state index in [1.807, 2.05) is 36.4 Å². The second kappa shape index (κ2) is 10.00. The molecule has 3 rings (SSSR count). The van der Waals surface area contributed by atoms with E-state index in [1.54, 1.807) is 18.3 Å². The lowest BCUT2D eigenvalue weighted by atomic mass is 10.1. The maximum absolute atomic E-state index is 12.2. The molecular formula is C23H23N5O. The van der Waals surface area contributed by atoms with Crippen LogP contribution in [-0.2, 0) is 6.42 Å². The fraction of sp³-hybridized carbons (Fsp3) is 0.217. The highest BCUT2D eigenvalue weighted by molar-refractivity contribution is 5.80. The van der Waals surface area contributed by atoms with E-state index in [0.29, 0.717) is 11.3 Å². The molecule has 29 heavy (non-hydrogen) atoms. The number of H-pyrrole nitrogens is 1. The zero-order chi connectivity index (χ0) is 20.5. The van der Waals surface area contributed by atoms with Crippen LogP contribution >= 0.6 is 0 Å². The van der Waals surface area contributed by atoms with Gasteiger partial charge >= 0.3 is 0 Å². The minimum atomic E-state index is -0.504. The number of aromatic amines is 1. The van der Waals surface area contributed by atoms with Gasteiger partial charge in [0, 0.05) is 5.56 Å². The maximum Gasteiger partial charge on any atom is 0.270 e. The van der Waals surface area contributed by atoms with Crippen molar-refractivity contribution in [1.82, 2.24) is 9.97 Å². The van der Waals surface area contributed by atoms with Crippen molar-refractivity contribution in [2.75, 3.05) is 5.43 Å². The molecule has 3 aromatic rings. The van der Waals surface area contributed by atoms with Gasteiger partial charge in [0.25, 0.3) is 5.56 Å². The molecule has 0 aliphatic rings. The number of hydrogen-bond acceptors (Lipinski definition) is 5. The Bertz CT molecular complexity index is 1060. The van der Waals surface area contributed by atoms with Crippen molar-refractivity contribution in [3.8, 4) is 17.3 Å². The Morgan fingerprint density at radius 2 is 1.90 bits per heavy atom. The molecule has 0 aliphatic carbocycles. The van der Waals surface area contributed by atoms with Crippen molar-refractivity contribution in [2.45, 2.75) is 32.6 Å². The summed E-state index contributed by atoms with van der Waals surface area (Å²) in [4.78, 5) is 19.1. The largest absolute Gasteiger partial charge is 0.290 e. The normalized spacial score (nSPS) is 10.8. The van der Waals surface area contributed by atoms with Crippen molar-refractivity contribution in [2.24, 2.45) is 5.10 Å². The van der Waals surface area contributed by atoms with Gasteiger partial charge in [-0.25, -0.2) is 10.4 Å². The zero-order valence-corrected chi connectivity index (χ0v) is 16.4. The lowest BCUT2D eigenvalue weighted by Crippen LogP contribution is -2.16. The lowest BCUT2D eigenvalue weighted by molar-refractivity contribution is 0.717. The Morgan fingerprint density at radius 1 is 1.14 bits per heavy atom. The molecular weight excluding hydrogens is 362 g/mol. The molecule has 0 saturated heterocycles.